The quantitative estimate of drug-likeness (QED) is 0.765. The second-order valence-electron chi connectivity index (χ2n) is 4.29. The molecule has 2 rings (SSSR count). The van der Waals surface area contributed by atoms with E-state index in [1.165, 1.54) is 12.3 Å². The molecule has 0 atom stereocenters. The number of aromatic carboxylic acids is 1. The number of hydrogen-bond acceptors (Lipinski definition) is 4. The van der Waals surface area contributed by atoms with Gasteiger partial charge in [-0.05, 0) is 25.3 Å². The summed E-state index contributed by atoms with van der Waals surface area (Å²) in [7, 11) is 0. The molecule has 0 bridgehead atoms. The average Bonchev–Trinajstić information content (AvgIpc) is 2.24. The highest BCUT2D eigenvalue weighted by atomic mass is 35.5. The minimum atomic E-state index is -1.07. The minimum absolute atomic E-state index is 0.0444. The molecule has 1 aromatic heterocycles. The van der Waals surface area contributed by atoms with Gasteiger partial charge >= 0.3 is 5.97 Å². The standard InChI is InChI=1S/C11H13ClN2O3/c12-8-4-7(10(15)16)5-13-9(8)14-6-11(17)2-1-3-11/h4-5,17H,1-3,6H2,(H,13,14)(H,15,16). The van der Waals surface area contributed by atoms with Crippen LogP contribution in [0.4, 0.5) is 5.82 Å². The lowest BCUT2D eigenvalue weighted by Crippen LogP contribution is -2.43. The lowest BCUT2D eigenvalue weighted by molar-refractivity contribution is -0.0202. The highest BCUT2D eigenvalue weighted by Crippen LogP contribution is 2.32. The third kappa shape index (κ3) is 2.68. The second-order valence-corrected chi connectivity index (χ2v) is 4.70. The second kappa shape index (κ2) is 4.50. The molecule has 1 aliphatic rings. The SMILES string of the molecule is O=C(O)c1cnc(NCC2(O)CCC2)c(Cl)c1. The van der Waals surface area contributed by atoms with E-state index in [1.54, 1.807) is 0 Å². The van der Waals surface area contributed by atoms with Crippen LogP contribution in [0.3, 0.4) is 0 Å². The van der Waals surface area contributed by atoms with Gasteiger partial charge in [0.1, 0.15) is 5.82 Å². The van der Waals surface area contributed by atoms with E-state index in [0.717, 1.165) is 19.3 Å². The van der Waals surface area contributed by atoms with Gasteiger partial charge < -0.3 is 15.5 Å². The van der Waals surface area contributed by atoms with E-state index in [4.69, 9.17) is 16.7 Å². The van der Waals surface area contributed by atoms with Gasteiger partial charge in [-0.1, -0.05) is 11.6 Å². The van der Waals surface area contributed by atoms with E-state index < -0.39 is 11.6 Å². The monoisotopic (exact) mass is 256 g/mol. The van der Waals surface area contributed by atoms with Crippen molar-refractivity contribution in [3.8, 4) is 0 Å². The van der Waals surface area contributed by atoms with E-state index in [1.807, 2.05) is 0 Å². The number of pyridine rings is 1. The highest BCUT2D eigenvalue weighted by molar-refractivity contribution is 6.33. The summed E-state index contributed by atoms with van der Waals surface area (Å²) in [4.78, 5) is 14.6. The molecule has 0 unspecified atom stereocenters. The van der Waals surface area contributed by atoms with Gasteiger partial charge in [0.15, 0.2) is 0 Å². The Labute approximate surface area is 103 Å². The van der Waals surface area contributed by atoms with Crippen molar-refractivity contribution in [3.63, 3.8) is 0 Å². The maximum absolute atomic E-state index is 10.7. The summed E-state index contributed by atoms with van der Waals surface area (Å²) in [5.74, 6) is -0.666. The molecule has 1 aromatic rings. The van der Waals surface area contributed by atoms with Gasteiger partial charge in [0.05, 0.1) is 16.2 Å². The van der Waals surface area contributed by atoms with Crippen molar-refractivity contribution >= 4 is 23.4 Å². The number of nitrogens with zero attached hydrogens (tertiary/aromatic N) is 1. The van der Waals surface area contributed by atoms with Crippen molar-refractivity contribution < 1.29 is 15.0 Å². The summed E-state index contributed by atoms with van der Waals surface area (Å²) in [6, 6.07) is 1.34. The maximum Gasteiger partial charge on any atom is 0.337 e. The van der Waals surface area contributed by atoms with Crippen LogP contribution in [0.15, 0.2) is 12.3 Å². The molecule has 0 radical (unpaired) electrons. The number of nitrogens with one attached hydrogen (secondary N) is 1. The third-order valence-electron chi connectivity index (χ3n) is 2.96. The Morgan fingerprint density at radius 1 is 1.59 bits per heavy atom. The number of aromatic nitrogens is 1. The number of anilines is 1. The highest BCUT2D eigenvalue weighted by Gasteiger charge is 2.34. The van der Waals surface area contributed by atoms with Crippen molar-refractivity contribution in [1.29, 1.82) is 0 Å². The lowest BCUT2D eigenvalue weighted by atomic mass is 9.80. The van der Waals surface area contributed by atoms with Crippen molar-refractivity contribution in [2.24, 2.45) is 0 Å². The molecule has 0 aromatic carbocycles. The minimum Gasteiger partial charge on any atom is -0.478 e. The molecule has 0 spiro atoms. The summed E-state index contributed by atoms with van der Waals surface area (Å²) in [5, 5.41) is 21.8. The van der Waals surface area contributed by atoms with Crippen LogP contribution in [0.2, 0.25) is 5.02 Å². The molecule has 17 heavy (non-hydrogen) atoms. The number of carboxylic acids is 1. The summed E-state index contributed by atoms with van der Waals surface area (Å²) in [6.45, 7) is 0.381. The van der Waals surface area contributed by atoms with Crippen LogP contribution < -0.4 is 5.32 Å². The number of hydrogen-bond donors (Lipinski definition) is 3. The van der Waals surface area contributed by atoms with Gasteiger partial charge in [0.25, 0.3) is 0 Å². The lowest BCUT2D eigenvalue weighted by Gasteiger charge is -2.36. The molecule has 3 N–H and O–H groups in total. The number of halogens is 1. The Bertz CT molecular complexity index is 446. The smallest absolute Gasteiger partial charge is 0.337 e. The van der Waals surface area contributed by atoms with Crippen LogP contribution in [-0.4, -0.2) is 33.3 Å². The van der Waals surface area contributed by atoms with Crippen LogP contribution in [0.1, 0.15) is 29.6 Å². The number of rotatable bonds is 4. The zero-order valence-electron chi connectivity index (χ0n) is 9.11. The van der Waals surface area contributed by atoms with Gasteiger partial charge in [-0.3, -0.25) is 0 Å². The van der Waals surface area contributed by atoms with Gasteiger partial charge in [-0.25, -0.2) is 9.78 Å². The first-order valence-electron chi connectivity index (χ1n) is 5.35. The van der Waals surface area contributed by atoms with Crippen molar-refractivity contribution in [2.45, 2.75) is 24.9 Å². The molecular formula is C11H13ClN2O3. The zero-order chi connectivity index (χ0) is 12.5. The Kier molecular flexibility index (Phi) is 3.22. The van der Waals surface area contributed by atoms with Crippen LogP contribution in [0.25, 0.3) is 0 Å². The van der Waals surface area contributed by atoms with Crippen molar-refractivity contribution in [3.05, 3.63) is 22.8 Å². The van der Waals surface area contributed by atoms with Crippen LogP contribution >= 0.6 is 11.6 Å². The molecule has 1 heterocycles. The largest absolute Gasteiger partial charge is 0.478 e. The van der Waals surface area contributed by atoms with E-state index >= 15 is 0 Å². The molecule has 0 aliphatic heterocycles. The van der Waals surface area contributed by atoms with Gasteiger partial charge in [0, 0.05) is 12.7 Å². The molecule has 0 amide bonds. The molecule has 5 nitrogen and oxygen atoms in total. The summed E-state index contributed by atoms with van der Waals surface area (Å²) in [5.41, 5.74) is -0.626. The Balaban J connectivity index is 2.03. The first-order chi connectivity index (χ1) is 8.00. The van der Waals surface area contributed by atoms with Crippen LogP contribution in [-0.2, 0) is 0 Å². The Morgan fingerprint density at radius 3 is 2.76 bits per heavy atom. The summed E-state index contributed by atoms with van der Waals surface area (Å²) >= 11 is 5.89. The molecule has 1 aliphatic carbocycles. The zero-order valence-corrected chi connectivity index (χ0v) is 9.87. The van der Waals surface area contributed by atoms with E-state index in [9.17, 15) is 9.90 Å². The predicted molar refractivity (Wildman–Crippen MR) is 63.5 cm³/mol. The summed E-state index contributed by atoms with van der Waals surface area (Å²) in [6.07, 6.45) is 3.80. The maximum atomic E-state index is 10.7. The fourth-order valence-electron chi connectivity index (χ4n) is 1.69. The Morgan fingerprint density at radius 2 is 2.29 bits per heavy atom. The van der Waals surface area contributed by atoms with E-state index in [2.05, 4.69) is 10.3 Å². The Hall–Kier alpha value is -1.33. The van der Waals surface area contributed by atoms with Crippen LogP contribution in [0.5, 0.6) is 0 Å². The first kappa shape index (κ1) is 12.1. The normalized spacial score (nSPS) is 17.3. The predicted octanol–water partition coefficient (Wildman–Crippen LogP) is 1.76. The van der Waals surface area contributed by atoms with E-state index in [0.29, 0.717) is 12.4 Å². The molecule has 1 fully saturated rings. The van der Waals surface area contributed by atoms with E-state index in [-0.39, 0.29) is 10.6 Å². The molecular weight excluding hydrogens is 244 g/mol. The fraction of sp³-hybridized carbons (Fsp3) is 0.455. The first-order valence-corrected chi connectivity index (χ1v) is 5.73. The fourth-order valence-corrected chi connectivity index (χ4v) is 1.93. The topological polar surface area (TPSA) is 82.5 Å². The van der Waals surface area contributed by atoms with Gasteiger partial charge in [-0.2, -0.15) is 0 Å². The molecule has 0 saturated heterocycles. The molecule has 92 valence electrons. The third-order valence-corrected chi connectivity index (χ3v) is 3.25. The summed E-state index contributed by atoms with van der Waals surface area (Å²) < 4.78 is 0. The van der Waals surface area contributed by atoms with Crippen LogP contribution in [0, 0.1) is 0 Å². The number of carboxylic acid groups (broad SMARTS) is 1. The van der Waals surface area contributed by atoms with Gasteiger partial charge in [-0.15, -0.1) is 0 Å². The van der Waals surface area contributed by atoms with Gasteiger partial charge in [0.2, 0.25) is 0 Å². The molecule has 6 heteroatoms. The molecule has 1 saturated carbocycles. The number of carbonyl (C=O) groups is 1. The van der Waals surface area contributed by atoms with Crippen molar-refractivity contribution in [2.75, 3.05) is 11.9 Å². The average molecular weight is 257 g/mol. The van der Waals surface area contributed by atoms with Crippen molar-refractivity contribution in [1.82, 2.24) is 4.98 Å². The number of aliphatic hydroxyl groups is 1.